The van der Waals surface area contributed by atoms with E-state index in [1.54, 1.807) is 0 Å². The normalized spacial score (nSPS) is 22.8. The van der Waals surface area contributed by atoms with Gasteiger partial charge in [-0.05, 0) is 45.6 Å². The van der Waals surface area contributed by atoms with Crippen LogP contribution in [0, 0.1) is 13.8 Å². The van der Waals surface area contributed by atoms with Crippen LogP contribution in [-0.2, 0) is 10.2 Å². The number of rotatable bonds is 5. The molecule has 7 nitrogen and oxygen atoms in total. The van der Waals surface area contributed by atoms with Crippen LogP contribution in [0.5, 0.6) is 6.01 Å². The maximum absolute atomic E-state index is 11.8. The van der Waals surface area contributed by atoms with E-state index in [0.717, 1.165) is 37.1 Å². The minimum absolute atomic E-state index is 0.0348. The van der Waals surface area contributed by atoms with Crippen molar-refractivity contribution < 1.29 is 13.2 Å². The first-order valence-corrected chi connectivity index (χ1v) is 8.89. The van der Waals surface area contributed by atoms with Crippen molar-refractivity contribution in [3.8, 4) is 6.01 Å². The van der Waals surface area contributed by atoms with E-state index in [9.17, 15) is 8.42 Å². The zero-order chi connectivity index (χ0) is 16.3. The molecule has 0 aliphatic heterocycles. The summed E-state index contributed by atoms with van der Waals surface area (Å²) in [6.45, 7) is 3.82. The summed E-state index contributed by atoms with van der Waals surface area (Å²) in [6, 6.07) is 2.28. The van der Waals surface area contributed by atoms with Gasteiger partial charge in [-0.15, -0.1) is 0 Å². The van der Waals surface area contributed by atoms with Gasteiger partial charge in [0.1, 0.15) is 6.10 Å². The maximum Gasteiger partial charge on any atom is 0.317 e. The second-order valence-electron chi connectivity index (χ2n) is 5.93. The predicted octanol–water partition coefficient (Wildman–Crippen LogP) is 1.18. The molecule has 0 amide bonds. The van der Waals surface area contributed by atoms with Crippen molar-refractivity contribution in [2.24, 2.45) is 0 Å². The monoisotopic (exact) mass is 328 g/mol. The molecular weight excluding hydrogens is 304 g/mol. The van der Waals surface area contributed by atoms with E-state index in [2.05, 4.69) is 14.7 Å². The van der Waals surface area contributed by atoms with E-state index < -0.39 is 10.2 Å². The van der Waals surface area contributed by atoms with Crippen molar-refractivity contribution >= 4 is 10.2 Å². The van der Waals surface area contributed by atoms with E-state index in [1.165, 1.54) is 18.4 Å². The quantitative estimate of drug-likeness (QED) is 0.877. The lowest BCUT2D eigenvalue weighted by molar-refractivity contribution is 0.131. The number of aromatic nitrogens is 2. The number of ether oxygens (including phenoxy) is 1. The third-order valence-electron chi connectivity index (χ3n) is 3.70. The fourth-order valence-corrected chi connectivity index (χ4v) is 3.38. The Bertz CT molecular complexity index is 590. The van der Waals surface area contributed by atoms with Gasteiger partial charge in [-0.2, -0.15) is 17.4 Å². The molecular formula is C14H24N4O3S. The smallest absolute Gasteiger partial charge is 0.317 e. The third-order valence-corrected chi connectivity index (χ3v) is 5.30. The molecule has 1 fully saturated rings. The summed E-state index contributed by atoms with van der Waals surface area (Å²) in [5.41, 5.74) is 1.77. The standard InChI is InChI=1S/C14H24N4O3S/c1-10-9-11(2)16-14(15-10)21-13-7-5-12(6-8-13)17-22(19,20)18(3)4/h9,12-13,17H,5-8H2,1-4H3. The molecule has 0 radical (unpaired) electrons. The van der Waals surface area contributed by atoms with Gasteiger partial charge in [0.05, 0.1) is 0 Å². The third kappa shape index (κ3) is 4.62. The van der Waals surface area contributed by atoms with Gasteiger partial charge in [0.25, 0.3) is 10.2 Å². The van der Waals surface area contributed by atoms with Crippen molar-refractivity contribution in [1.82, 2.24) is 19.0 Å². The number of hydrogen-bond donors (Lipinski definition) is 1. The summed E-state index contributed by atoms with van der Waals surface area (Å²) in [6.07, 6.45) is 3.13. The fraction of sp³-hybridized carbons (Fsp3) is 0.714. The van der Waals surface area contributed by atoms with Crippen molar-refractivity contribution in [1.29, 1.82) is 0 Å². The van der Waals surface area contributed by atoms with Crippen molar-refractivity contribution in [3.63, 3.8) is 0 Å². The molecule has 1 saturated carbocycles. The molecule has 1 aromatic rings. The molecule has 1 aromatic heterocycles. The fourth-order valence-electron chi connectivity index (χ4n) is 2.51. The predicted molar refractivity (Wildman–Crippen MR) is 83.9 cm³/mol. The summed E-state index contributed by atoms with van der Waals surface area (Å²) < 4.78 is 33.4. The first kappa shape index (κ1) is 17.1. The minimum Gasteiger partial charge on any atom is -0.460 e. The Hall–Kier alpha value is -1.25. The summed E-state index contributed by atoms with van der Waals surface area (Å²) in [4.78, 5) is 8.56. The molecule has 1 aliphatic carbocycles. The second kappa shape index (κ2) is 6.89. The van der Waals surface area contributed by atoms with Gasteiger partial charge >= 0.3 is 6.01 Å². The van der Waals surface area contributed by atoms with E-state index in [0.29, 0.717) is 6.01 Å². The average molecular weight is 328 g/mol. The molecule has 0 spiro atoms. The molecule has 2 rings (SSSR count). The summed E-state index contributed by atoms with van der Waals surface area (Å²) in [5, 5.41) is 0. The Morgan fingerprint density at radius 1 is 1.14 bits per heavy atom. The Labute approximate surface area is 132 Å². The van der Waals surface area contributed by atoms with Gasteiger partial charge in [-0.1, -0.05) is 0 Å². The highest BCUT2D eigenvalue weighted by Gasteiger charge is 2.27. The largest absolute Gasteiger partial charge is 0.460 e. The average Bonchev–Trinajstić information content (AvgIpc) is 2.39. The van der Waals surface area contributed by atoms with Gasteiger partial charge in [-0.25, -0.2) is 9.97 Å². The topological polar surface area (TPSA) is 84.4 Å². The number of nitrogens with one attached hydrogen (secondary N) is 1. The lowest BCUT2D eigenvalue weighted by Gasteiger charge is -2.29. The highest BCUT2D eigenvalue weighted by atomic mass is 32.2. The van der Waals surface area contributed by atoms with Crippen LogP contribution in [0.1, 0.15) is 37.1 Å². The molecule has 0 saturated heterocycles. The van der Waals surface area contributed by atoms with E-state index in [-0.39, 0.29) is 12.1 Å². The van der Waals surface area contributed by atoms with Crippen molar-refractivity contribution in [2.45, 2.75) is 51.7 Å². The molecule has 124 valence electrons. The van der Waals surface area contributed by atoms with Crippen LogP contribution in [-0.4, -0.2) is 48.9 Å². The Kier molecular flexibility index (Phi) is 5.36. The number of aryl methyl sites for hydroxylation is 2. The SMILES string of the molecule is Cc1cc(C)nc(OC2CCC(NS(=O)(=O)N(C)C)CC2)n1. The highest BCUT2D eigenvalue weighted by molar-refractivity contribution is 7.87. The van der Waals surface area contributed by atoms with Crippen molar-refractivity contribution in [2.75, 3.05) is 14.1 Å². The molecule has 0 bridgehead atoms. The molecule has 1 aliphatic rings. The molecule has 1 N–H and O–H groups in total. The van der Waals surface area contributed by atoms with Gasteiger partial charge in [0.2, 0.25) is 0 Å². The summed E-state index contributed by atoms with van der Waals surface area (Å²) in [7, 11) is -0.323. The van der Waals surface area contributed by atoms with Gasteiger partial charge in [0.15, 0.2) is 0 Å². The Balaban J connectivity index is 1.87. The van der Waals surface area contributed by atoms with Gasteiger partial charge < -0.3 is 4.74 Å². The second-order valence-corrected chi connectivity index (χ2v) is 7.85. The number of nitrogens with zero attached hydrogens (tertiary/aromatic N) is 3. The van der Waals surface area contributed by atoms with Crippen LogP contribution >= 0.6 is 0 Å². The zero-order valence-electron chi connectivity index (χ0n) is 13.5. The molecule has 22 heavy (non-hydrogen) atoms. The van der Waals surface area contributed by atoms with Gasteiger partial charge in [-0.3, -0.25) is 0 Å². The Morgan fingerprint density at radius 2 is 1.68 bits per heavy atom. The molecule has 8 heteroatoms. The molecule has 0 unspecified atom stereocenters. The van der Waals surface area contributed by atoms with Crippen LogP contribution in [0.15, 0.2) is 6.07 Å². The lowest BCUT2D eigenvalue weighted by atomic mass is 9.94. The first-order chi connectivity index (χ1) is 10.3. The van der Waals surface area contributed by atoms with Crippen LogP contribution in [0.3, 0.4) is 0 Å². The Morgan fingerprint density at radius 3 is 2.18 bits per heavy atom. The van der Waals surface area contributed by atoms with Crippen LogP contribution < -0.4 is 9.46 Å². The highest BCUT2D eigenvalue weighted by Crippen LogP contribution is 2.23. The minimum atomic E-state index is -3.37. The molecule has 0 atom stereocenters. The van der Waals surface area contributed by atoms with Crippen molar-refractivity contribution in [3.05, 3.63) is 17.5 Å². The van der Waals surface area contributed by atoms with Gasteiger partial charge in [0, 0.05) is 31.5 Å². The summed E-state index contributed by atoms with van der Waals surface area (Å²) in [5.74, 6) is 0. The molecule has 0 aromatic carbocycles. The van der Waals surface area contributed by atoms with Crippen LogP contribution in [0.4, 0.5) is 0 Å². The van der Waals surface area contributed by atoms with Crippen LogP contribution in [0.25, 0.3) is 0 Å². The lowest BCUT2D eigenvalue weighted by Crippen LogP contribution is -2.44. The van der Waals surface area contributed by atoms with Crippen LogP contribution in [0.2, 0.25) is 0 Å². The molecule has 1 heterocycles. The van der Waals surface area contributed by atoms with E-state index in [1.807, 2.05) is 19.9 Å². The van der Waals surface area contributed by atoms with E-state index in [4.69, 9.17) is 4.74 Å². The number of hydrogen-bond acceptors (Lipinski definition) is 5. The van der Waals surface area contributed by atoms with E-state index >= 15 is 0 Å². The zero-order valence-corrected chi connectivity index (χ0v) is 14.4. The summed E-state index contributed by atoms with van der Waals surface area (Å²) >= 11 is 0. The first-order valence-electron chi connectivity index (χ1n) is 7.45. The maximum atomic E-state index is 11.8.